The van der Waals surface area contributed by atoms with E-state index in [1.54, 1.807) is 0 Å². The molecule has 25 heavy (non-hydrogen) atoms. The average Bonchev–Trinajstić information content (AvgIpc) is 2.60. The molecule has 132 valence electrons. The molecular weight excluding hydrogens is 310 g/mol. The summed E-state index contributed by atoms with van der Waals surface area (Å²) in [6.07, 6.45) is 7.63. The quantitative estimate of drug-likeness (QED) is 0.853. The second-order valence-corrected chi connectivity index (χ2v) is 7.62. The summed E-state index contributed by atoms with van der Waals surface area (Å²) in [5.41, 5.74) is 2.36. The molecule has 0 bridgehead atoms. The number of para-hydroxylation sites is 1. The van der Waals surface area contributed by atoms with Crippen molar-refractivity contribution in [3.63, 3.8) is 0 Å². The van der Waals surface area contributed by atoms with E-state index in [-0.39, 0.29) is 0 Å². The highest BCUT2D eigenvalue weighted by molar-refractivity contribution is 5.91. The Kier molecular flexibility index (Phi) is 4.60. The van der Waals surface area contributed by atoms with Crippen LogP contribution in [0.2, 0.25) is 0 Å². The molecule has 4 rings (SSSR count). The van der Waals surface area contributed by atoms with Crippen LogP contribution >= 0.6 is 0 Å². The number of nitrogens with zero attached hydrogens (tertiary/aromatic N) is 3. The van der Waals surface area contributed by atoms with Gasteiger partial charge in [0.05, 0.1) is 5.52 Å². The number of benzene rings is 1. The highest BCUT2D eigenvalue weighted by Gasteiger charge is 2.29. The van der Waals surface area contributed by atoms with E-state index in [4.69, 9.17) is 0 Å². The summed E-state index contributed by atoms with van der Waals surface area (Å²) in [5, 5.41) is 1.24. The summed E-state index contributed by atoms with van der Waals surface area (Å²) in [7, 11) is 1.99. The summed E-state index contributed by atoms with van der Waals surface area (Å²) in [5.74, 6) is 1.31. The molecule has 1 saturated heterocycles. The molecule has 0 unspecified atom stereocenters. The summed E-state index contributed by atoms with van der Waals surface area (Å²) < 4.78 is 0. The lowest BCUT2D eigenvalue weighted by atomic mass is 9.84. The molecule has 0 atom stereocenters. The first-order valence-corrected chi connectivity index (χ1v) is 9.56. The Labute approximate surface area is 149 Å². The third-order valence-electron chi connectivity index (χ3n) is 5.94. The first kappa shape index (κ1) is 16.4. The molecule has 1 aliphatic heterocycles. The number of anilines is 1. The number of fused-ring (bicyclic) bond motifs is 1. The van der Waals surface area contributed by atoms with Crippen molar-refractivity contribution in [2.75, 3.05) is 31.6 Å². The van der Waals surface area contributed by atoms with E-state index in [0.29, 0.717) is 17.7 Å². The Bertz CT molecular complexity index is 742. The van der Waals surface area contributed by atoms with E-state index in [1.165, 1.54) is 17.5 Å². The van der Waals surface area contributed by atoms with Gasteiger partial charge in [-0.25, -0.2) is 0 Å². The summed E-state index contributed by atoms with van der Waals surface area (Å²) in [6, 6.07) is 10.5. The van der Waals surface area contributed by atoms with E-state index in [1.807, 2.05) is 24.2 Å². The van der Waals surface area contributed by atoms with Crippen molar-refractivity contribution in [1.82, 2.24) is 9.88 Å². The van der Waals surface area contributed by atoms with Gasteiger partial charge in [-0.05, 0) is 43.7 Å². The van der Waals surface area contributed by atoms with Gasteiger partial charge in [-0.1, -0.05) is 24.6 Å². The van der Waals surface area contributed by atoms with Crippen molar-refractivity contribution < 1.29 is 4.79 Å². The molecule has 1 saturated carbocycles. The molecule has 0 radical (unpaired) electrons. The van der Waals surface area contributed by atoms with Crippen LogP contribution in [0.3, 0.4) is 0 Å². The molecule has 2 heterocycles. The van der Waals surface area contributed by atoms with Crippen LogP contribution in [0.15, 0.2) is 36.5 Å². The lowest BCUT2D eigenvalue weighted by Gasteiger charge is -2.37. The number of amides is 1. The molecule has 1 aliphatic carbocycles. The highest BCUT2D eigenvalue weighted by atomic mass is 16.2. The van der Waals surface area contributed by atoms with Crippen molar-refractivity contribution in [2.24, 2.45) is 11.8 Å². The van der Waals surface area contributed by atoms with Crippen LogP contribution in [0.5, 0.6) is 0 Å². The maximum absolute atomic E-state index is 12.3. The highest BCUT2D eigenvalue weighted by Crippen LogP contribution is 2.31. The Morgan fingerprint density at radius 3 is 2.64 bits per heavy atom. The monoisotopic (exact) mass is 337 g/mol. The summed E-state index contributed by atoms with van der Waals surface area (Å²) in [6.45, 7) is 3.04. The topological polar surface area (TPSA) is 36.4 Å². The fraction of sp³-hybridized carbons (Fsp3) is 0.524. The van der Waals surface area contributed by atoms with Gasteiger partial charge in [0.1, 0.15) is 0 Å². The van der Waals surface area contributed by atoms with Crippen molar-refractivity contribution >= 4 is 22.5 Å². The molecule has 2 fully saturated rings. The SMILES string of the molecule is CN(CC1CCN(c2ccnc3ccccc23)CC1)C(=O)C1CCC1. The maximum atomic E-state index is 12.3. The van der Waals surface area contributed by atoms with Crippen molar-refractivity contribution in [2.45, 2.75) is 32.1 Å². The van der Waals surface area contributed by atoms with Crippen LogP contribution in [0, 0.1) is 11.8 Å². The van der Waals surface area contributed by atoms with Crippen LogP contribution in [0.1, 0.15) is 32.1 Å². The molecule has 2 aromatic rings. The lowest BCUT2D eigenvalue weighted by Crippen LogP contribution is -2.42. The summed E-state index contributed by atoms with van der Waals surface area (Å²) in [4.78, 5) is 21.3. The second-order valence-electron chi connectivity index (χ2n) is 7.62. The van der Waals surface area contributed by atoms with Gasteiger partial charge in [-0.15, -0.1) is 0 Å². The second kappa shape index (κ2) is 7.03. The zero-order valence-electron chi connectivity index (χ0n) is 15.0. The number of carbonyl (C=O) groups is 1. The zero-order valence-corrected chi connectivity index (χ0v) is 15.0. The number of hydrogen-bond donors (Lipinski definition) is 0. The van der Waals surface area contributed by atoms with Gasteiger partial charge in [0.25, 0.3) is 0 Å². The van der Waals surface area contributed by atoms with Crippen LogP contribution in [-0.4, -0.2) is 42.5 Å². The normalized spacial score (nSPS) is 19.0. The predicted octanol–water partition coefficient (Wildman–Crippen LogP) is 3.71. The number of piperidine rings is 1. The van der Waals surface area contributed by atoms with Crippen LogP contribution < -0.4 is 4.90 Å². The van der Waals surface area contributed by atoms with Gasteiger partial charge in [0.15, 0.2) is 0 Å². The Balaban J connectivity index is 1.37. The predicted molar refractivity (Wildman–Crippen MR) is 102 cm³/mol. The molecule has 0 spiro atoms. The van der Waals surface area contributed by atoms with Gasteiger partial charge >= 0.3 is 0 Å². The van der Waals surface area contributed by atoms with E-state index in [0.717, 1.165) is 50.8 Å². The first-order valence-electron chi connectivity index (χ1n) is 9.56. The van der Waals surface area contributed by atoms with E-state index >= 15 is 0 Å². The number of pyridine rings is 1. The fourth-order valence-electron chi connectivity index (χ4n) is 4.16. The molecule has 1 amide bonds. The lowest BCUT2D eigenvalue weighted by molar-refractivity contribution is -0.137. The van der Waals surface area contributed by atoms with Crippen LogP contribution in [0.25, 0.3) is 10.9 Å². The largest absolute Gasteiger partial charge is 0.371 e. The van der Waals surface area contributed by atoms with Gasteiger partial charge in [0.2, 0.25) is 5.91 Å². The third-order valence-corrected chi connectivity index (χ3v) is 5.94. The van der Waals surface area contributed by atoms with Crippen molar-refractivity contribution in [3.05, 3.63) is 36.5 Å². The zero-order chi connectivity index (χ0) is 17.2. The van der Waals surface area contributed by atoms with E-state index in [2.05, 4.69) is 34.1 Å². The Morgan fingerprint density at radius 1 is 1.16 bits per heavy atom. The van der Waals surface area contributed by atoms with Gasteiger partial charge in [-0.2, -0.15) is 0 Å². The first-order chi connectivity index (χ1) is 12.2. The number of hydrogen-bond acceptors (Lipinski definition) is 3. The fourth-order valence-corrected chi connectivity index (χ4v) is 4.16. The minimum absolute atomic E-state index is 0.313. The Hall–Kier alpha value is -2.10. The number of rotatable bonds is 4. The van der Waals surface area contributed by atoms with Gasteiger partial charge in [0, 0.05) is 49.9 Å². The minimum atomic E-state index is 0.313. The van der Waals surface area contributed by atoms with Gasteiger partial charge < -0.3 is 9.80 Å². The molecular formula is C21H27N3O. The molecule has 2 aliphatic rings. The standard InChI is InChI=1S/C21H27N3O/c1-23(21(25)17-5-4-6-17)15-16-10-13-24(14-11-16)20-9-12-22-19-8-3-2-7-18(19)20/h2-3,7-9,12,16-17H,4-6,10-11,13-15H2,1H3. The maximum Gasteiger partial charge on any atom is 0.225 e. The summed E-state index contributed by atoms with van der Waals surface area (Å²) >= 11 is 0. The average molecular weight is 337 g/mol. The smallest absolute Gasteiger partial charge is 0.225 e. The van der Waals surface area contributed by atoms with Crippen LogP contribution in [-0.2, 0) is 4.79 Å². The molecule has 0 N–H and O–H groups in total. The van der Waals surface area contributed by atoms with Crippen LogP contribution in [0.4, 0.5) is 5.69 Å². The molecule has 1 aromatic heterocycles. The van der Waals surface area contributed by atoms with Gasteiger partial charge in [-0.3, -0.25) is 9.78 Å². The van der Waals surface area contributed by atoms with E-state index in [9.17, 15) is 4.79 Å². The third kappa shape index (κ3) is 3.35. The number of carbonyl (C=O) groups excluding carboxylic acids is 1. The number of aromatic nitrogens is 1. The Morgan fingerprint density at radius 2 is 1.92 bits per heavy atom. The molecule has 4 nitrogen and oxygen atoms in total. The van der Waals surface area contributed by atoms with E-state index < -0.39 is 0 Å². The van der Waals surface area contributed by atoms with Crippen molar-refractivity contribution in [1.29, 1.82) is 0 Å². The molecule has 1 aromatic carbocycles. The minimum Gasteiger partial charge on any atom is -0.371 e. The molecule has 4 heteroatoms. The van der Waals surface area contributed by atoms with Crippen molar-refractivity contribution in [3.8, 4) is 0 Å².